The first-order valence-electron chi connectivity index (χ1n) is 5.64. The Balaban J connectivity index is 0.00000162. The molecule has 2 aromatic carbocycles. The minimum absolute atomic E-state index is 0. The molecule has 0 aliphatic heterocycles. The van der Waals surface area contributed by atoms with Crippen molar-refractivity contribution in [2.45, 2.75) is 6.92 Å². The molecular weight excluding hydrogens is 217 g/mol. The van der Waals surface area contributed by atoms with Gasteiger partial charge in [-0.2, -0.15) is 24.3 Å². The first-order valence-corrected chi connectivity index (χ1v) is 5.64. The van der Waals surface area contributed by atoms with Gasteiger partial charge in [-0.1, -0.05) is 18.2 Å². The molecule has 0 aliphatic carbocycles. The fourth-order valence-corrected chi connectivity index (χ4v) is 1.46. The molecule has 0 amide bonds. The number of para-hydroxylation sites is 1. The van der Waals surface area contributed by atoms with Gasteiger partial charge in [0, 0.05) is 5.56 Å². The van der Waals surface area contributed by atoms with Gasteiger partial charge in [-0.25, -0.2) is 4.99 Å². The Morgan fingerprint density at radius 1 is 1.11 bits per heavy atom. The third-order valence-electron chi connectivity index (χ3n) is 2.22. The van der Waals surface area contributed by atoms with E-state index in [0.717, 1.165) is 11.3 Å². The van der Waals surface area contributed by atoms with Gasteiger partial charge in [-0.3, -0.25) is 0 Å². The first-order chi connectivity index (χ1) is 8.40. The van der Waals surface area contributed by atoms with E-state index < -0.39 is 0 Å². The zero-order valence-electron chi connectivity index (χ0n) is 10.8. The summed E-state index contributed by atoms with van der Waals surface area (Å²) in [7, 11) is 0. The average molecular weight is 231 g/mol. The van der Waals surface area contributed by atoms with Crippen molar-refractivity contribution < 1.29 is 23.6 Å². The second kappa shape index (κ2) is 7.76. The molecule has 0 unspecified atom stereocenters. The molecular formula is C15H14LiNO. The monoisotopic (exact) mass is 231 g/mol. The maximum Gasteiger partial charge on any atom is 1.00 e. The maximum atomic E-state index is 5.56. The molecule has 0 spiro atoms. The standard InChI is InChI=1S/C15H14NO.Li/c1-2-17-15(13-9-5-3-6-10-13)16-14-11-7-4-8-12-14;/h3-11H,2H2,1H3;/q-1;+1. The largest absolute Gasteiger partial charge is 1.00 e. The van der Waals surface area contributed by atoms with Crippen molar-refractivity contribution in [3.05, 3.63) is 66.2 Å². The van der Waals surface area contributed by atoms with E-state index in [1.54, 1.807) is 0 Å². The van der Waals surface area contributed by atoms with Gasteiger partial charge in [0.1, 0.15) is 0 Å². The van der Waals surface area contributed by atoms with Gasteiger partial charge in [0.2, 0.25) is 5.90 Å². The summed E-state index contributed by atoms with van der Waals surface area (Å²) < 4.78 is 5.56. The van der Waals surface area contributed by atoms with E-state index in [2.05, 4.69) is 11.1 Å². The molecule has 18 heavy (non-hydrogen) atoms. The van der Waals surface area contributed by atoms with Crippen molar-refractivity contribution in [3.63, 3.8) is 0 Å². The summed E-state index contributed by atoms with van der Waals surface area (Å²) in [4.78, 5) is 4.46. The normalized spacial score (nSPS) is 10.6. The second-order valence-electron chi connectivity index (χ2n) is 3.46. The molecule has 0 saturated heterocycles. The number of hydrogen-bond acceptors (Lipinski definition) is 2. The van der Waals surface area contributed by atoms with E-state index in [-0.39, 0.29) is 18.9 Å². The van der Waals surface area contributed by atoms with Gasteiger partial charge >= 0.3 is 18.9 Å². The van der Waals surface area contributed by atoms with Crippen LogP contribution in [0.15, 0.2) is 59.6 Å². The molecule has 0 aromatic heterocycles. The Hall–Kier alpha value is -1.49. The van der Waals surface area contributed by atoms with Crippen LogP contribution in [0.1, 0.15) is 12.5 Å². The molecule has 0 fully saturated rings. The topological polar surface area (TPSA) is 21.6 Å². The maximum absolute atomic E-state index is 5.56. The molecule has 0 bridgehead atoms. The van der Waals surface area contributed by atoms with Crippen molar-refractivity contribution in [2.24, 2.45) is 4.99 Å². The molecule has 0 saturated carbocycles. The average Bonchev–Trinajstić information content (AvgIpc) is 2.40. The molecule has 2 rings (SSSR count). The third kappa shape index (κ3) is 4.07. The van der Waals surface area contributed by atoms with Crippen LogP contribution in [-0.4, -0.2) is 12.5 Å². The number of rotatable bonds is 3. The Labute approximate surface area is 120 Å². The Morgan fingerprint density at radius 2 is 1.83 bits per heavy atom. The van der Waals surface area contributed by atoms with Crippen molar-refractivity contribution in [1.82, 2.24) is 0 Å². The van der Waals surface area contributed by atoms with Crippen LogP contribution < -0.4 is 18.9 Å². The minimum atomic E-state index is 0. The van der Waals surface area contributed by atoms with Crippen LogP contribution in [-0.2, 0) is 4.74 Å². The zero-order chi connectivity index (χ0) is 11.9. The number of nitrogens with zero attached hydrogens (tertiary/aromatic N) is 1. The first kappa shape index (κ1) is 14.6. The molecule has 2 aromatic rings. The zero-order valence-corrected chi connectivity index (χ0v) is 10.8. The summed E-state index contributed by atoms with van der Waals surface area (Å²) in [5.41, 5.74) is 1.76. The number of hydrogen-bond donors (Lipinski definition) is 0. The summed E-state index contributed by atoms with van der Waals surface area (Å²) in [6.07, 6.45) is 0. The number of benzene rings is 2. The van der Waals surface area contributed by atoms with E-state index in [0.29, 0.717) is 12.5 Å². The summed E-state index contributed by atoms with van der Waals surface area (Å²) in [6, 6.07) is 20.5. The van der Waals surface area contributed by atoms with Gasteiger partial charge < -0.3 is 4.74 Å². The van der Waals surface area contributed by atoms with E-state index in [1.807, 2.05) is 61.5 Å². The molecule has 0 aliphatic rings. The van der Waals surface area contributed by atoms with Crippen LogP contribution in [0.3, 0.4) is 0 Å². The smallest absolute Gasteiger partial charge is 0.478 e. The summed E-state index contributed by atoms with van der Waals surface area (Å²) in [5.74, 6) is 0.635. The molecule has 0 atom stereocenters. The van der Waals surface area contributed by atoms with Crippen molar-refractivity contribution in [2.75, 3.05) is 6.61 Å². The quantitative estimate of drug-likeness (QED) is 0.328. The van der Waals surface area contributed by atoms with Crippen LogP contribution in [0.4, 0.5) is 5.69 Å². The fourth-order valence-electron chi connectivity index (χ4n) is 1.46. The Kier molecular flexibility index (Phi) is 6.28. The van der Waals surface area contributed by atoms with Crippen LogP contribution >= 0.6 is 0 Å². The van der Waals surface area contributed by atoms with Crippen molar-refractivity contribution in [1.29, 1.82) is 0 Å². The van der Waals surface area contributed by atoms with Gasteiger partial charge in [0.25, 0.3) is 0 Å². The van der Waals surface area contributed by atoms with E-state index in [4.69, 9.17) is 4.74 Å². The molecule has 0 N–H and O–H groups in total. The van der Waals surface area contributed by atoms with Crippen molar-refractivity contribution in [3.8, 4) is 0 Å². The van der Waals surface area contributed by atoms with E-state index >= 15 is 0 Å². The Bertz CT molecular complexity index is 482. The number of ether oxygens (including phenoxy) is 1. The molecule has 86 valence electrons. The molecule has 0 heterocycles. The summed E-state index contributed by atoms with van der Waals surface area (Å²) in [6.45, 7) is 2.55. The minimum Gasteiger partial charge on any atom is -0.478 e. The van der Waals surface area contributed by atoms with Crippen LogP contribution in [0.2, 0.25) is 0 Å². The van der Waals surface area contributed by atoms with Crippen molar-refractivity contribution >= 4 is 11.6 Å². The third-order valence-corrected chi connectivity index (χ3v) is 2.22. The van der Waals surface area contributed by atoms with Crippen LogP contribution in [0, 0.1) is 6.07 Å². The van der Waals surface area contributed by atoms with Gasteiger partial charge in [-0.05, 0) is 24.7 Å². The number of aliphatic imine (C=N–C) groups is 1. The van der Waals surface area contributed by atoms with Gasteiger partial charge in [0.05, 0.1) is 6.61 Å². The predicted molar refractivity (Wildman–Crippen MR) is 69.5 cm³/mol. The molecule has 2 nitrogen and oxygen atoms in total. The second-order valence-corrected chi connectivity index (χ2v) is 3.46. The summed E-state index contributed by atoms with van der Waals surface area (Å²) in [5, 5.41) is 0. The SMILES string of the molecule is CCOC(=Nc1[c-]cccc1)c1ccccc1.[Li+]. The van der Waals surface area contributed by atoms with Crippen LogP contribution in [0.25, 0.3) is 0 Å². The molecule has 3 heteroatoms. The summed E-state index contributed by atoms with van der Waals surface area (Å²) >= 11 is 0. The van der Waals surface area contributed by atoms with Crippen LogP contribution in [0.5, 0.6) is 0 Å². The van der Waals surface area contributed by atoms with E-state index in [9.17, 15) is 0 Å². The molecule has 0 radical (unpaired) electrons. The van der Waals surface area contributed by atoms with E-state index in [1.165, 1.54) is 0 Å². The Morgan fingerprint density at radius 3 is 2.44 bits per heavy atom. The fraction of sp³-hybridized carbons (Fsp3) is 0.133. The van der Waals surface area contributed by atoms with Gasteiger partial charge in [0.15, 0.2) is 0 Å². The van der Waals surface area contributed by atoms with Gasteiger partial charge in [-0.15, -0.1) is 6.07 Å². The predicted octanol–water partition coefficient (Wildman–Crippen LogP) is 0.606.